The number of alkyl halides is 3. The van der Waals surface area contributed by atoms with Gasteiger partial charge in [0.05, 0.1) is 16.1 Å². The summed E-state index contributed by atoms with van der Waals surface area (Å²) in [6, 6.07) is 12.5. The minimum atomic E-state index is -4.45. The Morgan fingerprint density at radius 2 is 1.66 bits per heavy atom. The monoisotopic (exact) mass is 437 g/mol. The average Bonchev–Trinajstić information content (AvgIpc) is 3.12. The summed E-state index contributed by atoms with van der Waals surface area (Å²) in [6.07, 6.45) is -4.42. The summed E-state index contributed by atoms with van der Waals surface area (Å²) < 4.78 is 64.5. The standard InChI is InChI=1S/C20H14F3NO3S2/c21-20(22,23)13-8-6-12(7-9-13)15-10-17(25)24-18-16(11-28-19(15)18)29(26,27)14-4-2-1-3-5-14/h1-9,11,15H,10H2,(H,24,25)/t15-/m0/s1. The lowest BCUT2D eigenvalue weighted by molar-refractivity contribution is -0.137. The summed E-state index contributed by atoms with van der Waals surface area (Å²) in [6.45, 7) is 0. The van der Waals surface area contributed by atoms with Crippen molar-refractivity contribution < 1.29 is 26.4 Å². The molecule has 3 aromatic rings. The van der Waals surface area contributed by atoms with Crippen LogP contribution in [-0.2, 0) is 20.8 Å². The molecule has 4 rings (SSSR count). The van der Waals surface area contributed by atoms with E-state index in [2.05, 4.69) is 5.32 Å². The lowest BCUT2D eigenvalue weighted by Crippen LogP contribution is -2.23. The molecule has 0 fully saturated rings. The van der Waals surface area contributed by atoms with Gasteiger partial charge in [-0.3, -0.25) is 4.79 Å². The number of halogens is 3. The number of hydrogen-bond donors (Lipinski definition) is 1. The number of sulfone groups is 1. The largest absolute Gasteiger partial charge is 0.416 e. The first kappa shape index (κ1) is 19.7. The van der Waals surface area contributed by atoms with Gasteiger partial charge in [0.25, 0.3) is 0 Å². The van der Waals surface area contributed by atoms with Crippen LogP contribution in [0.3, 0.4) is 0 Å². The van der Waals surface area contributed by atoms with Crippen LogP contribution < -0.4 is 5.32 Å². The molecule has 150 valence electrons. The zero-order valence-electron chi connectivity index (χ0n) is 14.7. The van der Waals surface area contributed by atoms with E-state index in [9.17, 15) is 26.4 Å². The molecule has 4 nitrogen and oxygen atoms in total. The first-order valence-corrected chi connectivity index (χ1v) is 10.9. The maximum Gasteiger partial charge on any atom is 0.416 e. The Kier molecular flexibility index (Phi) is 4.74. The van der Waals surface area contributed by atoms with Crippen LogP contribution in [0.15, 0.2) is 69.8 Å². The number of benzene rings is 2. The number of nitrogens with one attached hydrogen (secondary N) is 1. The van der Waals surface area contributed by atoms with Crippen molar-refractivity contribution in [3.8, 4) is 0 Å². The van der Waals surface area contributed by atoms with Gasteiger partial charge in [-0.05, 0) is 29.8 Å². The minimum Gasteiger partial charge on any atom is -0.324 e. The van der Waals surface area contributed by atoms with Crippen LogP contribution in [0.4, 0.5) is 18.9 Å². The molecule has 0 spiro atoms. The molecule has 0 saturated carbocycles. The second-order valence-corrected chi connectivity index (χ2v) is 9.41. The van der Waals surface area contributed by atoms with E-state index in [1.807, 2.05) is 0 Å². The topological polar surface area (TPSA) is 63.2 Å². The predicted molar refractivity (Wildman–Crippen MR) is 103 cm³/mol. The molecule has 1 amide bonds. The molecule has 0 bridgehead atoms. The van der Waals surface area contributed by atoms with Crippen LogP contribution in [-0.4, -0.2) is 14.3 Å². The molecule has 1 aliphatic heterocycles. The third kappa shape index (κ3) is 3.56. The van der Waals surface area contributed by atoms with Crippen LogP contribution in [0.1, 0.15) is 28.3 Å². The fourth-order valence-electron chi connectivity index (χ4n) is 3.30. The molecule has 9 heteroatoms. The normalized spacial score (nSPS) is 16.9. The molecule has 29 heavy (non-hydrogen) atoms. The zero-order valence-corrected chi connectivity index (χ0v) is 16.4. The lowest BCUT2D eigenvalue weighted by atomic mass is 9.90. The summed E-state index contributed by atoms with van der Waals surface area (Å²) in [7, 11) is -3.85. The fraction of sp³-hybridized carbons (Fsp3) is 0.150. The summed E-state index contributed by atoms with van der Waals surface area (Å²) in [5.74, 6) is -0.893. The van der Waals surface area contributed by atoms with Gasteiger partial charge in [0.1, 0.15) is 4.90 Å². The van der Waals surface area contributed by atoms with Gasteiger partial charge in [-0.2, -0.15) is 13.2 Å². The Labute approximate surface area is 168 Å². The van der Waals surface area contributed by atoms with E-state index in [-0.39, 0.29) is 27.8 Å². The van der Waals surface area contributed by atoms with E-state index >= 15 is 0 Å². The zero-order chi connectivity index (χ0) is 20.8. The highest BCUT2D eigenvalue weighted by molar-refractivity contribution is 7.91. The predicted octanol–water partition coefficient (Wildman–Crippen LogP) is 5.07. The number of amides is 1. The van der Waals surface area contributed by atoms with Crippen molar-refractivity contribution in [3.05, 3.63) is 76.0 Å². The van der Waals surface area contributed by atoms with E-state index in [0.29, 0.717) is 10.4 Å². The van der Waals surface area contributed by atoms with E-state index in [4.69, 9.17) is 0 Å². The molecule has 1 atom stereocenters. The maximum absolute atomic E-state index is 13.0. The second-order valence-electron chi connectivity index (χ2n) is 6.58. The molecular weight excluding hydrogens is 423 g/mol. The van der Waals surface area contributed by atoms with Crippen molar-refractivity contribution >= 4 is 32.8 Å². The quantitative estimate of drug-likeness (QED) is 0.622. The number of thiophene rings is 1. The molecule has 2 aromatic carbocycles. The lowest BCUT2D eigenvalue weighted by Gasteiger charge is -2.24. The van der Waals surface area contributed by atoms with Gasteiger partial charge in [-0.1, -0.05) is 30.3 Å². The minimum absolute atomic E-state index is 0.00587. The molecule has 0 saturated heterocycles. The Morgan fingerprint density at radius 1 is 1.00 bits per heavy atom. The van der Waals surface area contributed by atoms with Crippen molar-refractivity contribution in [2.75, 3.05) is 5.32 Å². The van der Waals surface area contributed by atoms with Gasteiger partial charge in [0.2, 0.25) is 15.7 Å². The van der Waals surface area contributed by atoms with Gasteiger partial charge in [0.15, 0.2) is 0 Å². The van der Waals surface area contributed by atoms with Gasteiger partial charge in [0, 0.05) is 22.6 Å². The van der Waals surface area contributed by atoms with Gasteiger partial charge in [-0.25, -0.2) is 8.42 Å². The highest BCUT2D eigenvalue weighted by Crippen LogP contribution is 2.46. The van der Waals surface area contributed by atoms with Gasteiger partial charge < -0.3 is 5.32 Å². The fourth-order valence-corrected chi connectivity index (χ4v) is 6.23. The number of hydrogen-bond acceptors (Lipinski definition) is 4. The Bertz CT molecular complexity index is 1170. The van der Waals surface area contributed by atoms with Gasteiger partial charge in [-0.15, -0.1) is 11.3 Å². The molecule has 0 unspecified atom stereocenters. The second kappa shape index (κ2) is 7.00. The smallest absolute Gasteiger partial charge is 0.324 e. The molecule has 1 aliphatic rings. The van der Waals surface area contributed by atoms with Crippen molar-refractivity contribution in [2.45, 2.75) is 28.3 Å². The SMILES string of the molecule is O=C1C[C@@H](c2ccc(C(F)(F)F)cc2)c2scc(S(=O)(=O)c3ccccc3)c2N1. The van der Waals surface area contributed by atoms with Crippen LogP contribution >= 0.6 is 11.3 Å². The van der Waals surface area contributed by atoms with Crippen LogP contribution in [0, 0.1) is 0 Å². The summed E-state index contributed by atoms with van der Waals surface area (Å²) in [5, 5.41) is 4.10. The van der Waals surface area contributed by atoms with E-state index in [1.165, 1.54) is 41.0 Å². The van der Waals surface area contributed by atoms with Crippen LogP contribution in [0.2, 0.25) is 0 Å². The Morgan fingerprint density at radius 3 is 2.28 bits per heavy atom. The Hall–Kier alpha value is -2.65. The summed E-state index contributed by atoms with van der Waals surface area (Å²) >= 11 is 1.17. The molecule has 1 N–H and O–H groups in total. The van der Waals surface area contributed by atoms with Crippen molar-refractivity contribution in [3.63, 3.8) is 0 Å². The molecule has 1 aromatic heterocycles. The average molecular weight is 437 g/mol. The van der Waals surface area contributed by atoms with Crippen molar-refractivity contribution in [2.24, 2.45) is 0 Å². The number of anilines is 1. The highest BCUT2D eigenvalue weighted by atomic mass is 32.2. The molecule has 0 radical (unpaired) electrons. The first-order valence-electron chi connectivity index (χ1n) is 8.56. The third-order valence-corrected chi connectivity index (χ3v) is 7.78. The highest BCUT2D eigenvalue weighted by Gasteiger charge is 2.35. The van der Waals surface area contributed by atoms with Crippen LogP contribution in [0.25, 0.3) is 0 Å². The Balaban J connectivity index is 1.77. The van der Waals surface area contributed by atoms with Gasteiger partial charge >= 0.3 is 6.18 Å². The summed E-state index contributed by atoms with van der Waals surface area (Å²) in [5.41, 5.74) is -0.0418. The van der Waals surface area contributed by atoms with Crippen molar-refractivity contribution in [1.82, 2.24) is 0 Å². The summed E-state index contributed by atoms with van der Waals surface area (Å²) in [4.78, 5) is 13.0. The third-order valence-electron chi connectivity index (χ3n) is 4.74. The molecule has 0 aliphatic carbocycles. The first-order chi connectivity index (χ1) is 13.7. The van der Waals surface area contributed by atoms with Crippen LogP contribution in [0.5, 0.6) is 0 Å². The van der Waals surface area contributed by atoms with E-state index < -0.39 is 27.5 Å². The number of fused-ring (bicyclic) bond motifs is 1. The number of carbonyl (C=O) groups excluding carboxylic acids is 1. The van der Waals surface area contributed by atoms with E-state index in [1.54, 1.807) is 18.2 Å². The van der Waals surface area contributed by atoms with Crippen molar-refractivity contribution in [1.29, 1.82) is 0 Å². The molecular formula is C20H14F3NO3S2. The number of carbonyl (C=O) groups is 1. The maximum atomic E-state index is 13.0. The number of rotatable bonds is 3. The van der Waals surface area contributed by atoms with E-state index in [0.717, 1.165) is 12.1 Å². The molecule has 2 heterocycles.